The minimum atomic E-state index is -0.558. The van der Waals surface area contributed by atoms with Gasteiger partial charge < -0.3 is 14.6 Å². The highest BCUT2D eigenvalue weighted by Gasteiger charge is 2.36. The first-order chi connectivity index (χ1) is 6.72. The lowest BCUT2D eigenvalue weighted by atomic mass is 9.98. The molecule has 0 aromatic rings. The molecule has 0 bridgehead atoms. The molecule has 1 heterocycles. The van der Waals surface area contributed by atoms with Crippen LogP contribution in [0, 0.1) is 0 Å². The molecule has 82 valence electrons. The summed E-state index contributed by atoms with van der Waals surface area (Å²) in [6.45, 7) is 2.58. The van der Waals surface area contributed by atoms with E-state index in [9.17, 15) is 5.11 Å². The van der Waals surface area contributed by atoms with E-state index in [2.05, 4.69) is 6.08 Å². The molecule has 2 atom stereocenters. The molecule has 1 fully saturated rings. The summed E-state index contributed by atoms with van der Waals surface area (Å²) in [6.07, 6.45) is 6.86. The minimum absolute atomic E-state index is 0.283. The van der Waals surface area contributed by atoms with Crippen LogP contribution >= 0.6 is 0 Å². The highest BCUT2D eigenvalue weighted by atomic mass is 16.7. The molecule has 1 aliphatic heterocycles. The molecule has 0 aromatic heterocycles. The molecule has 0 aromatic carbocycles. The second kappa shape index (κ2) is 5.49. The Labute approximate surface area is 85.7 Å². The van der Waals surface area contributed by atoms with Crippen LogP contribution in [-0.4, -0.2) is 30.7 Å². The maximum Gasteiger partial charge on any atom is 0.170 e. The van der Waals surface area contributed by atoms with Gasteiger partial charge in [-0.15, -0.1) is 0 Å². The SMILES string of the molecule is CC=CCC[C@@]1(OC)C[C@@H](O)CCO1. The number of aliphatic hydroxyl groups excluding tert-OH is 1. The summed E-state index contributed by atoms with van der Waals surface area (Å²) in [4.78, 5) is 0. The summed E-state index contributed by atoms with van der Waals surface area (Å²) in [5, 5.41) is 9.55. The third-order valence-electron chi connectivity index (χ3n) is 2.66. The quantitative estimate of drug-likeness (QED) is 0.704. The van der Waals surface area contributed by atoms with Gasteiger partial charge in [-0.25, -0.2) is 0 Å². The number of hydrogen-bond acceptors (Lipinski definition) is 3. The van der Waals surface area contributed by atoms with Gasteiger partial charge in [0.1, 0.15) is 0 Å². The fourth-order valence-electron chi connectivity index (χ4n) is 1.79. The van der Waals surface area contributed by atoms with E-state index in [0.29, 0.717) is 19.4 Å². The predicted molar refractivity (Wildman–Crippen MR) is 55.0 cm³/mol. The average molecular weight is 200 g/mol. The van der Waals surface area contributed by atoms with Crippen LogP contribution in [0.2, 0.25) is 0 Å². The first-order valence-electron chi connectivity index (χ1n) is 5.21. The van der Waals surface area contributed by atoms with Crippen LogP contribution in [-0.2, 0) is 9.47 Å². The summed E-state index contributed by atoms with van der Waals surface area (Å²) < 4.78 is 11.0. The molecule has 0 spiro atoms. The highest BCUT2D eigenvalue weighted by Crippen LogP contribution is 2.30. The minimum Gasteiger partial charge on any atom is -0.393 e. The van der Waals surface area contributed by atoms with E-state index in [1.807, 2.05) is 13.0 Å². The Bertz CT molecular complexity index is 191. The highest BCUT2D eigenvalue weighted by molar-refractivity contribution is 4.84. The smallest absolute Gasteiger partial charge is 0.170 e. The first kappa shape index (κ1) is 11.7. The van der Waals surface area contributed by atoms with Crippen LogP contribution in [0.4, 0.5) is 0 Å². The van der Waals surface area contributed by atoms with E-state index in [4.69, 9.17) is 9.47 Å². The Hall–Kier alpha value is -0.380. The van der Waals surface area contributed by atoms with Crippen molar-refractivity contribution in [2.24, 2.45) is 0 Å². The molecule has 0 saturated carbocycles. The molecule has 14 heavy (non-hydrogen) atoms. The van der Waals surface area contributed by atoms with Crippen molar-refractivity contribution < 1.29 is 14.6 Å². The zero-order valence-corrected chi connectivity index (χ0v) is 9.03. The Balaban J connectivity index is 2.47. The number of rotatable bonds is 4. The van der Waals surface area contributed by atoms with E-state index in [1.165, 1.54) is 0 Å². The van der Waals surface area contributed by atoms with Crippen molar-refractivity contribution in [3.63, 3.8) is 0 Å². The molecule has 1 aliphatic rings. The lowest BCUT2D eigenvalue weighted by Crippen LogP contribution is -2.43. The number of hydrogen-bond donors (Lipinski definition) is 1. The zero-order chi connectivity index (χ0) is 10.4. The van der Waals surface area contributed by atoms with Gasteiger partial charge in [0.2, 0.25) is 0 Å². The summed E-state index contributed by atoms with van der Waals surface area (Å²) in [5.41, 5.74) is 0. The first-order valence-corrected chi connectivity index (χ1v) is 5.21. The van der Waals surface area contributed by atoms with Gasteiger partial charge in [0.05, 0.1) is 12.7 Å². The molecule has 3 nitrogen and oxygen atoms in total. The lowest BCUT2D eigenvalue weighted by molar-refractivity contribution is -0.262. The van der Waals surface area contributed by atoms with Crippen molar-refractivity contribution in [2.75, 3.05) is 13.7 Å². The van der Waals surface area contributed by atoms with E-state index >= 15 is 0 Å². The van der Waals surface area contributed by atoms with Crippen LogP contribution in [0.15, 0.2) is 12.2 Å². The van der Waals surface area contributed by atoms with E-state index in [0.717, 1.165) is 12.8 Å². The molecule has 0 radical (unpaired) electrons. The summed E-state index contributed by atoms with van der Waals surface area (Å²) in [7, 11) is 1.65. The molecule has 0 amide bonds. The molecular formula is C11H20O3. The number of methoxy groups -OCH3 is 1. The molecule has 1 N–H and O–H groups in total. The standard InChI is InChI=1S/C11H20O3/c1-3-4-5-7-11(13-2)9-10(12)6-8-14-11/h3-4,10,12H,5-9H2,1-2H3/t10-,11-/m0/s1. The van der Waals surface area contributed by atoms with Crippen LogP contribution in [0.5, 0.6) is 0 Å². The van der Waals surface area contributed by atoms with Gasteiger partial charge in [-0.1, -0.05) is 12.2 Å². The van der Waals surface area contributed by atoms with E-state index in [-0.39, 0.29) is 6.10 Å². The van der Waals surface area contributed by atoms with Gasteiger partial charge in [0.25, 0.3) is 0 Å². The van der Waals surface area contributed by atoms with Crippen molar-refractivity contribution >= 4 is 0 Å². The second-order valence-corrected chi connectivity index (χ2v) is 3.72. The predicted octanol–water partition coefficient (Wildman–Crippen LogP) is 1.86. The van der Waals surface area contributed by atoms with Crippen molar-refractivity contribution in [1.29, 1.82) is 0 Å². The number of allylic oxidation sites excluding steroid dienone is 2. The van der Waals surface area contributed by atoms with Crippen molar-refractivity contribution in [3.05, 3.63) is 12.2 Å². The number of ether oxygens (including phenoxy) is 2. The van der Waals surface area contributed by atoms with Gasteiger partial charge in [-0.2, -0.15) is 0 Å². The molecule has 1 saturated heterocycles. The summed E-state index contributed by atoms with van der Waals surface area (Å²) >= 11 is 0. The van der Waals surface area contributed by atoms with Crippen molar-refractivity contribution in [2.45, 2.75) is 44.5 Å². The van der Waals surface area contributed by atoms with Crippen LogP contribution in [0.1, 0.15) is 32.6 Å². The van der Waals surface area contributed by atoms with E-state index in [1.54, 1.807) is 7.11 Å². The molecular weight excluding hydrogens is 180 g/mol. The molecule has 0 aliphatic carbocycles. The third-order valence-corrected chi connectivity index (χ3v) is 2.66. The fourth-order valence-corrected chi connectivity index (χ4v) is 1.79. The topological polar surface area (TPSA) is 38.7 Å². The Kier molecular flexibility index (Phi) is 4.58. The zero-order valence-electron chi connectivity index (χ0n) is 9.03. The monoisotopic (exact) mass is 200 g/mol. The van der Waals surface area contributed by atoms with Gasteiger partial charge in [-0.3, -0.25) is 0 Å². The van der Waals surface area contributed by atoms with Gasteiger partial charge in [0.15, 0.2) is 5.79 Å². The second-order valence-electron chi connectivity index (χ2n) is 3.72. The largest absolute Gasteiger partial charge is 0.393 e. The Morgan fingerprint density at radius 3 is 3.00 bits per heavy atom. The van der Waals surface area contributed by atoms with Gasteiger partial charge in [0, 0.05) is 20.0 Å². The number of aliphatic hydroxyl groups is 1. The fraction of sp³-hybridized carbons (Fsp3) is 0.818. The molecule has 1 rings (SSSR count). The average Bonchev–Trinajstić information content (AvgIpc) is 2.18. The lowest BCUT2D eigenvalue weighted by Gasteiger charge is -2.38. The normalized spacial score (nSPS) is 33.8. The summed E-state index contributed by atoms with van der Waals surface area (Å²) in [5.74, 6) is -0.558. The van der Waals surface area contributed by atoms with E-state index < -0.39 is 5.79 Å². The molecule has 0 unspecified atom stereocenters. The van der Waals surface area contributed by atoms with Crippen LogP contribution in [0.25, 0.3) is 0 Å². The Morgan fingerprint density at radius 1 is 1.64 bits per heavy atom. The summed E-state index contributed by atoms with van der Waals surface area (Å²) in [6, 6.07) is 0. The van der Waals surface area contributed by atoms with Crippen LogP contribution < -0.4 is 0 Å². The maximum absolute atomic E-state index is 9.55. The van der Waals surface area contributed by atoms with Crippen LogP contribution in [0.3, 0.4) is 0 Å². The van der Waals surface area contributed by atoms with Crippen molar-refractivity contribution in [1.82, 2.24) is 0 Å². The van der Waals surface area contributed by atoms with Gasteiger partial charge >= 0.3 is 0 Å². The van der Waals surface area contributed by atoms with Crippen molar-refractivity contribution in [3.8, 4) is 0 Å². The van der Waals surface area contributed by atoms with Gasteiger partial charge in [-0.05, 0) is 19.8 Å². The Morgan fingerprint density at radius 2 is 2.43 bits per heavy atom. The third kappa shape index (κ3) is 3.08. The molecule has 3 heteroatoms. The maximum atomic E-state index is 9.55.